The molecule has 1 saturated carbocycles. The zero-order chi connectivity index (χ0) is 30.7. The molecular formula is C28H28F6N4O4. The highest BCUT2D eigenvalue weighted by molar-refractivity contribution is 6.20. The van der Waals surface area contributed by atoms with E-state index in [1.165, 1.54) is 0 Å². The minimum absolute atomic E-state index is 0.0407. The number of fused-ring (bicyclic) bond motifs is 1. The fourth-order valence-electron chi connectivity index (χ4n) is 4.63. The lowest BCUT2D eigenvalue weighted by molar-refractivity contribution is -0.152. The van der Waals surface area contributed by atoms with Gasteiger partial charge in [0.2, 0.25) is 18.0 Å². The van der Waals surface area contributed by atoms with Crippen molar-refractivity contribution in [3.05, 3.63) is 59.7 Å². The third-order valence-electron chi connectivity index (χ3n) is 6.85. The molecule has 3 unspecified atom stereocenters. The minimum atomic E-state index is -4.78. The van der Waals surface area contributed by atoms with E-state index in [0.717, 1.165) is 12.8 Å². The minimum Gasteiger partial charge on any atom is -0.488 e. The summed E-state index contributed by atoms with van der Waals surface area (Å²) in [6.45, 7) is 0. The first-order chi connectivity index (χ1) is 19.7. The predicted molar refractivity (Wildman–Crippen MR) is 139 cm³/mol. The molecule has 0 radical (unpaired) electrons. The fraction of sp³-hybridized carbons (Fsp3) is 0.429. The van der Waals surface area contributed by atoms with E-state index >= 15 is 0 Å². The summed E-state index contributed by atoms with van der Waals surface area (Å²) in [7, 11) is 0. The maximum absolute atomic E-state index is 13.4. The summed E-state index contributed by atoms with van der Waals surface area (Å²) in [4.78, 5) is 43.2. The van der Waals surface area contributed by atoms with E-state index in [1.807, 2.05) is 0 Å². The van der Waals surface area contributed by atoms with Gasteiger partial charge in [-0.1, -0.05) is 42.5 Å². The molecule has 2 aliphatic rings. The van der Waals surface area contributed by atoms with Crippen molar-refractivity contribution in [2.75, 3.05) is 5.32 Å². The van der Waals surface area contributed by atoms with E-state index in [1.54, 1.807) is 48.5 Å². The van der Waals surface area contributed by atoms with Crippen LogP contribution in [0.5, 0.6) is 5.75 Å². The number of nitrogens with two attached hydrogens (primary N) is 1. The van der Waals surface area contributed by atoms with Crippen LogP contribution in [0.25, 0.3) is 0 Å². The Morgan fingerprint density at radius 3 is 2.14 bits per heavy atom. The number of ether oxygens (including phenoxy) is 1. The van der Waals surface area contributed by atoms with Gasteiger partial charge in [-0.05, 0) is 31.7 Å². The smallest absolute Gasteiger partial charge is 0.389 e. The number of carbonyl (C=O) groups is 3. The molecule has 8 nitrogen and oxygen atoms in total. The Kier molecular flexibility index (Phi) is 9.12. The zero-order valence-electron chi connectivity index (χ0n) is 22.1. The van der Waals surface area contributed by atoms with Crippen LogP contribution in [-0.4, -0.2) is 48.1 Å². The van der Waals surface area contributed by atoms with E-state index in [9.17, 15) is 40.7 Å². The largest absolute Gasteiger partial charge is 0.488 e. The Balaban J connectivity index is 1.69. The summed E-state index contributed by atoms with van der Waals surface area (Å²) in [6, 6.07) is 13.5. The quantitative estimate of drug-likeness (QED) is 0.320. The first-order valence-corrected chi connectivity index (χ1v) is 13.2. The van der Waals surface area contributed by atoms with Crippen LogP contribution >= 0.6 is 0 Å². The number of aliphatic imine (C=N–C) groups is 1. The van der Waals surface area contributed by atoms with Gasteiger partial charge in [-0.25, -0.2) is 4.99 Å². The van der Waals surface area contributed by atoms with Crippen molar-refractivity contribution >= 4 is 29.1 Å². The maximum atomic E-state index is 13.4. The molecule has 3 atom stereocenters. The van der Waals surface area contributed by atoms with Gasteiger partial charge in [0, 0.05) is 35.8 Å². The van der Waals surface area contributed by atoms with Gasteiger partial charge in [-0.2, -0.15) is 26.3 Å². The molecule has 4 N–H and O–H groups in total. The van der Waals surface area contributed by atoms with E-state index in [2.05, 4.69) is 15.6 Å². The van der Waals surface area contributed by atoms with Crippen LogP contribution in [0.1, 0.15) is 49.7 Å². The molecule has 226 valence electrons. The molecule has 2 aromatic carbocycles. The number of halogens is 6. The van der Waals surface area contributed by atoms with Crippen LogP contribution in [0.2, 0.25) is 0 Å². The SMILES string of the molecule is NC(=O)C(CCC(F)(F)F)C(CCC(F)(F)F)C(=O)NC1N=C(c2ccccc2)c2cccc(OC3CC3)c2NC1=O. The predicted octanol–water partition coefficient (Wildman–Crippen LogP) is 4.86. The van der Waals surface area contributed by atoms with Gasteiger partial charge in [0.25, 0.3) is 5.91 Å². The second-order valence-electron chi connectivity index (χ2n) is 10.2. The molecule has 14 heteroatoms. The molecule has 1 aliphatic heterocycles. The number of hydrogen-bond donors (Lipinski definition) is 3. The lowest BCUT2D eigenvalue weighted by atomic mass is 9.83. The molecule has 1 aliphatic carbocycles. The van der Waals surface area contributed by atoms with Crippen molar-refractivity contribution in [1.29, 1.82) is 0 Å². The molecule has 0 aromatic heterocycles. The second-order valence-corrected chi connectivity index (χ2v) is 10.2. The number of primary amides is 1. The van der Waals surface area contributed by atoms with E-state index < -0.39 is 73.8 Å². The Labute approximate surface area is 236 Å². The summed E-state index contributed by atoms with van der Waals surface area (Å²) in [5, 5.41) is 4.91. The number of carbonyl (C=O) groups excluding carboxylic acids is 3. The van der Waals surface area contributed by atoms with Crippen LogP contribution in [0, 0.1) is 11.8 Å². The standard InChI is InChI=1S/C28H28F6N4O4/c29-27(30,31)13-11-17(23(35)39)18(12-14-28(32,33)34)25(40)38-24-26(41)37-22-19(7-4-8-20(22)42-16-9-10-16)21(36-24)15-5-2-1-3-6-15/h1-8,16-18,24H,9-14H2,(H2,35,39)(H,37,41)(H,38,40). The number of para-hydroxylation sites is 1. The average Bonchev–Trinajstić information content (AvgIpc) is 3.73. The summed E-state index contributed by atoms with van der Waals surface area (Å²) in [5.74, 6) is -6.94. The van der Waals surface area contributed by atoms with Crippen LogP contribution in [0.4, 0.5) is 32.0 Å². The van der Waals surface area contributed by atoms with E-state index in [4.69, 9.17) is 10.5 Å². The van der Waals surface area contributed by atoms with Crippen molar-refractivity contribution in [1.82, 2.24) is 5.32 Å². The number of nitrogens with one attached hydrogen (secondary N) is 2. The third kappa shape index (κ3) is 8.23. The average molecular weight is 599 g/mol. The van der Waals surface area contributed by atoms with Crippen LogP contribution in [0.15, 0.2) is 53.5 Å². The van der Waals surface area contributed by atoms with Crippen molar-refractivity contribution in [2.45, 2.75) is 63.1 Å². The number of amides is 3. The normalized spacial score (nSPS) is 18.6. The lowest BCUT2D eigenvalue weighted by Crippen LogP contribution is -2.48. The fourth-order valence-corrected chi connectivity index (χ4v) is 4.63. The molecule has 3 amide bonds. The van der Waals surface area contributed by atoms with Crippen molar-refractivity contribution in [3.8, 4) is 5.75 Å². The van der Waals surface area contributed by atoms with Gasteiger partial charge in [0.15, 0.2) is 0 Å². The molecule has 0 saturated heterocycles. The highest BCUT2D eigenvalue weighted by atomic mass is 19.4. The van der Waals surface area contributed by atoms with Crippen molar-refractivity contribution in [3.63, 3.8) is 0 Å². The second kappa shape index (κ2) is 12.4. The van der Waals surface area contributed by atoms with Gasteiger partial charge in [0.05, 0.1) is 17.5 Å². The summed E-state index contributed by atoms with van der Waals surface area (Å²) < 4.78 is 84.0. The number of nitrogens with zero attached hydrogens (tertiary/aromatic N) is 1. The van der Waals surface area contributed by atoms with Crippen molar-refractivity contribution in [2.24, 2.45) is 22.6 Å². The first-order valence-electron chi connectivity index (χ1n) is 13.2. The Hall–Kier alpha value is -4.10. The van der Waals surface area contributed by atoms with Gasteiger partial charge in [0.1, 0.15) is 5.75 Å². The number of alkyl halides is 6. The summed E-state index contributed by atoms with van der Waals surface area (Å²) in [5.41, 5.74) is 6.74. The Morgan fingerprint density at radius 1 is 0.952 bits per heavy atom. The highest BCUT2D eigenvalue weighted by Crippen LogP contribution is 2.37. The molecule has 1 heterocycles. The Bertz CT molecular complexity index is 1340. The highest BCUT2D eigenvalue weighted by Gasteiger charge is 2.41. The molecule has 1 fully saturated rings. The van der Waals surface area contributed by atoms with Crippen LogP contribution < -0.4 is 21.1 Å². The van der Waals surface area contributed by atoms with Gasteiger partial charge >= 0.3 is 12.4 Å². The number of benzene rings is 2. The van der Waals surface area contributed by atoms with Crippen LogP contribution in [-0.2, 0) is 14.4 Å². The number of benzodiazepines with no additional fused rings is 1. The molecule has 0 bridgehead atoms. The molecule has 0 spiro atoms. The molecule has 2 aromatic rings. The number of anilines is 1. The number of hydrogen-bond acceptors (Lipinski definition) is 5. The third-order valence-corrected chi connectivity index (χ3v) is 6.85. The lowest BCUT2D eigenvalue weighted by Gasteiger charge is -2.26. The van der Waals surface area contributed by atoms with Gasteiger partial charge < -0.3 is 21.1 Å². The first kappa shape index (κ1) is 30.8. The van der Waals surface area contributed by atoms with Gasteiger partial charge in [-0.3, -0.25) is 14.4 Å². The molecular weight excluding hydrogens is 570 g/mol. The topological polar surface area (TPSA) is 123 Å². The monoisotopic (exact) mass is 598 g/mol. The zero-order valence-corrected chi connectivity index (χ0v) is 22.1. The van der Waals surface area contributed by atoms with Crippen LogP contribution in [0.3, 0.4) is 0 Å². The van der Waals surface area contributed by atoms with E-state index in [0.29, 0.717) is 16.9 Å². The Morgan fingerprint density at radius 2 is 1.57 bits per heavy atom. The maximum Gasteiger partial charge on any atom is 0.389 e. The number of rotatable bonds is 11. The summed E-state index contributed by atoms with van der Waals surface area (Å²) >= 11 is 0. The molecule has 42 heavy (non-hydrogen) atoms. The van der Waals surface area contributed by atoms with Crippen molar-refractivity contribution < 1.29 is 45.5 Å². The van der Waals surface area contributed by atoms with E-state index in [-0.39, 0.29) is 17.5 Å². The van der Waals surface area contributed by atoms with Gasteiger partial charge in [-0.15, -0.1) is 0 Å². The molecule has 4 rings (SSSR count). The summed E-state index contributed by atoms with van der Waals surface area (Å²) in [6.07, 6.45) is -14.8.